The molecular weight excluding hydrogens is 248 g/mol. The molecule has 0 atom stereocenters. The van der Waals surface area contributed by atoms with Gasteiger partial charge in [0.2, 0.25) is 0 Å². The van der Waals surface area contributed by atoms with Crippen molar-refractivity contribution in [1.82, 2.24) is 10.3 Å². The van der Waals surface area contributed by atoms with Crippen LogP contribution >= 0.6 is 0 Å². The summed E-state index contributed by atoms with van der Waals surface area (Å²) in [4.78, 5) is 4.28. The first kappa shape index (κ1) is 17.1. The summed E-state index contributed by atoms with van der Waals surface area (Å²) in [5, 5.41) is 3.48. The number of rotatable bonds is 12. The van der Waals surface area contributed by atoms with Crippen molar-refractivity contribution in [3.05, 3.63) is 30.1 Å². The molecule has 0 aliphatic rings. The second-order valence-corrected chi connectivity index (χ2v) is 5.70. The number of unbranched alkanes of at least 4 members (excludes halogenated alkanes) is 3. The Morgan fingerprint density at radius 2 is 1.95 bits per heavy atom. The number of pyridine rings is 1. The van der Waals surface area contributed by atoms with Crippen molar-refractivity contribution in [2.24, 2.45) is 5.92 Å². The van der Waals surface area contributed by atoms with Crippen LogP contribution in [-0.2, 0) is 11.2 Å². The van der Waals surface area contributed by atoms with Crippen LogP contribution in [0.15, 0.2) is 24.4 Å². The molecule has 0 aliphatic carbocycles. The van der Waals surface area contributed by atoms with Gasteiger partial charge in [-0.05, 0) is 44.0 Å². The molecule has 3 nitrogen and oxygen atoms in total. The molecule has 0 aromatic carbocycles. The molecule has 0 saturated carbocycles. The second kappa shape index (κ2) is 11.9. The van der Waals surface area contributed by atoms with Gasteiger partial charge in [0.1, 0.15) is 0 Å². The van der Waals surface area contributed by atoms with Gasteiger partial charge in [-0.25, -0.2) is 0 Å². The van der Waals surface area contributed by atoms with Gasteiger partial charge in [-0.3, -0.25) is 4.98 Å². The van der Waals surface area contributed by atoms with Gasteiger partial charge in [-0.15, -0.1) is 0 Å². The van der Waals surface area contributed by atoms with E-state index in [0.29, 0.717) is 0 Å². The normalized spacial score (nSPS) is 11.2. The standard InChI is InChI=1S/C17H30N2O/c1-16(2)15-18-11-6-3-4-8-13-20-14-10-17-9-5-7-12-19-17/h5,7,9,12,16,18H,3-4,6,8,10-11,13-15H2,1-2H3. The van der Waals surface area contributed by atoms with E-state index in [1.54, 1.807) is 0 Å². The van der Waals surface area contributed by atoms with Gasteiger partial charge in [0.25, 0.3) is 0 Å². The smallest absolute Gasteiger partial charge is 0.0521 e. The number of hydrogen-bond donors (Lipinski definition) is 1. The number of ether oxygens (including phenoxy) is 1. The van der Waals surface area contributed by atoms with Crippen LogP contribution in [0.3, 0.4) is 0 Å². The van der Waals surface area contributed by atoms with E-state index in [9.17, 15) is 0 Å². The van der Waals surface area contributed by atoms with Crippen molar-refractivity contribution in [3.63, 3.8) is 0 Å². The number of nitrogens with zero attached hydrogens (tertiary/aromatic N) is 1. The van der Waals surface area contributed by atoms with E-state index in [-0.39, 0.29) is 0 Å². The molecule has 1 heterocycles. The van der Waals surface area contributed by atoms with Crippen molar-refractivity contribution in [2.75, 3.05) is 26.3 Å². The van der Waals surface area contributed by atoms with Crippen LogP contribution < -0.4 is 5.32 Å². The summed E-state index contributed by atoms with van der Waals surface area (Å²) in [6.45, 7) is 8.44. The molecule has 0 amide bonds. The highest BCUT2D eigenvalue weighted by atomic mass is 16.5. The van der Waals surface area contributed by atoms with Gasteiger partial charge >= 0.3 is 0 Å². The summed E-state index contributed by atoms with van der Waals surface area (Å²) < 4.78 is 5.64. The Kier molecular flexibility index (Phi) is 10.2. The highest BCUT2D eigenvalue weighted by molar-refractivity contribution is 5.03. The van der Waals surface area contributed by atoms with E-state index in [2.05, 4.69) is 24.1 Å². The predicted molar refractivity (Wildman–Crippen MR) is 84.9 cm³/mol. The minimum absolute atomic E-state index is 0.752. The monoisotopic (exact) mass is 278 g/mol. The van der Waals surface area contributed by atoms with Crippen LogP contribution in [0.25, 0.3) is 0 Å². The Labute approximate surface area is 124 Å². The fourth-order valence-corrected chi connectivity index (χ4v) is 2.02. The maximum Gasteiger partial charge on any atom is 0.0521 e. The quantitative estimate of drug-likeness (QED) is 0.595. The molecule has 1 aromatic heterocycles. The lowest BCUT2D eigenvalue weighted by Crippen LogP contribution is -2.20. The summed E-state index contributed by atoms with van der Waals surface area (Å²) in [7, 11) is 0. The summed E-state index contributed by atoms with van der Waals surface area (Å²) in [5.74, 6) is 0.752. The number of nitrogens with one attached hydrogen (secondary N) is 1. The molecule has 0 bridgehead atoms. The molecule has 0 saturated heterocycles. The minimum Gasteiger partial charge on any atom is -0.381 e. The zero-order valence-electron chi connectivity index (χ0n) is 13.1. The lowest BCUT2D eigenvalue weighted by molar-refractivity contribution is 0.132. The zero-order chi connectivity index (χ0) is 14.5. The van der Waals surface area contributed by atoms with Crippen molar-refractivity contribution in [1.29, 1.82) is 0 Å². The molecule has 0 unspecified atom stereocenters. The average Bonchev–Trinajstić information content (AvgIpc) is 2.45. The van der Waals surface area contributed by atoms with Crippen LogP contribution in [-0.4, -0.2) is 31.3 Å². The van der Waals surface area contributed by atoms with E-state index in [4.69, 9.17) is 4.74 Å². The summed E-state index contributed by atoms with van der Waals surface area (Å²) in [6.07, 6.45) is 7.78. The first-order valence-corrected chi connectivity index (χ1v) is 7.97. The van der Waals surface area contributed by atoms with Gasteiger partial charge < -0.3 is 10.1 Å². The SMILES string of the molecule is CC(C)CNCCCCCCOCCc1ccccn1. The minimum atomic E-state index is 0.752. The molecule has 20 heavy (non-hydrogen) atoms. The second-order valence-electron chi connectivity index (χ2n) is 5.70. The van der Waals surface area contributed by atoms with Crippen molar-refractivity contribution in [2.45, 2.75) is 46.0 Å². The van der Waals surface area contributed by atoms with Gasteiger partial charge in [0.05, 0.1) is 6.61 Å². The van der Waals surface area contributed by atoms with Crippen LogP contribution in [0.5, 0.6) is 0 Å². The molecule has 1 rings (SSSR count). The van der Waals surface area contributed by atoms with Crippen molar-refractivity contribution >= 4 is 0 Å². The third kappa shape index (κ3) is 9.93. The van der Waals surface area contributed by atoms with E-state index in [1.165, 1.54) is 25.7 Å². The first-order valence-electron chi connectivity index (χ1n) is 7.97. The largest absolute Gasteiger partial charge is 0.381 e. The lowest BCUT2D eigenvalue weighted by atomic mass is 10.2. The number of aromatic nitrogens is 1. The van der Waals surface area contributed by atoms with Crippen LogP contribution in [0.4, 0.5) is 0 Å². The molecular formula is C17H30N2O. The summed E-state index contributed by atoms with van der Waals surface area (Å²) in [6, 6.07) is 6.02. The zero-order valence-corrected chi connectivity index (χ0v) is 13.1. The third-order valence-corrected chi connectivity index (χ3v) is 3.17. The molecule has 3 heteroatoms. The molecule has 0 fully saturated rings. The third-order valence-electron chi connectivity index (χ3n) is 3.17. The Bertz CT molecular complexity index is 314. The molecule has 0 radical (unpaired) electrons. The molecule has 1 N–H and O–H groups in total. The van der Waals surface area contributed by atoms with Crippen LogP contribution in [0.1, 0.15) is 45.2 Å². The van der Waals surface area contributed by atoms with Crippen LogP contribution in [0.2, 0.25) is 0 Å². The Morgan fingerprint density at radius 1 is 1.10 bits per heavy atom. The van der Waals surface area contributed by atoms with Gasteiger partial charge in [0, 0.05) is 24.9 Å². The fourth-order valence-electron chi connectivity index (χ4n) is 2.02. The molecule has 114 valence electrons. The Hall–Kier alpha value is -0.930. The fraction of sp³-hybridized carbons (Fsp3) is 0.706. The summed E-state index contributed by atoms with van der Waals surface area (Å²) >= 11 is 0. The van der Waals surface area contributed by atoms with Gasteiger partial charge in [-0.2, -0.15) is 0 Å². The average molecular weight is 278 g/mol. The Morgan fingerprint density at radius 3 is 2.70 bits per heavy atom. The molecule has 0 aliphatic heterocycles. The van der Waals surface area contributed by atoms with E-state index >= 15 is 0 Å². The van der Waals surface area contributed by atoms with E-state index < -0.39 is 0 Å². The maximum atomic E-state index is 5.64. The van der Waals surface area contributed by atoms with Gasteiger partial charge in [0.15, 0.2) is 0 Å². The highest BCUT2D eigenvalue weighted by Crippen LogP contribution is 2.01. The van der Waals surface area contributed by atoms with Crippen molar-refractivity contribution in [3.8, 4) is 0 Å². The van der Waals surface area contributed by atoms with Crippen LogP contribution in [0, 0.1) is 5.92 Å². The topological polar surface area (TPSA) is 34.1 Å². The predicted octanol–water partition coefficient (Wildman–Crippen LogP) is 3.45. The van der Waals surface area contributed by atoms with E-state index in [0.717, 1.165) is 44.3 Å². The number of hydrogen-bond acceptors (Lipinski definition) is 3. The highest BCUT2D eigenvalue weighted by Gasteiger charge is 1.95. The summed E-state index contributed by atoms with van der Waals surface area (Å²) in [5.41, 5.74) is 1.11. The molecule has 1 aromatic rings. The molecule has 0 spiro atoms. The van der Waals surface area contributed by atoms with Crippen molar-refractivity contribution < 1.29 is 4.74 Å². The first-order chi connectivity index (χ1) is 9.79. The van der Waals surface area contributed by atoms with E-state index in [1.807, 2.05) is 24.4 Å². The lowest BCUT2D eigenvalue weighted by Gasteiger charge is -2.07. The Balaban J connectivity index is 1.79. The van der Waals surface area contributed by atoms with Gasteiger partial charge in [-0.1, -0.05) is 32.8 Å². The maximum absolute atomic E-state index is 5.64.